The molecular weight excluding hydrogens is 520 g/mol. The number of fused-ring (bicyclic) bond motifs is 2. The number of hydrogen-bond acceptors (Lipinski definition) is 4. The molecule has 1 aliphatic carbocycles. The topological polar surface area (TPSA) is 64.7 Å². The van der Waals surface area contributed by atoms with E-state index >= 15 is 0 Å². The molecule has 2 N–H and O–H groups in total. The fourth-order valence-electron chi connectivity index (χ4n) is 6.41. The molecule has 208 valence electrons. The molecule has 1 fully saturated rings. The van der Waals surface area contributed by atoms with E-state index in [1.807, 2.05) is 41.3 Å². The van der Waals surface area contributed by atoms with Gasteiger partial charge in [-0.1, -0.05) is 60.1 Å². The number of halogens is 1. The Labute approximate surface area is 241 Å². The number of hydrogen-bond donors (Lipinski definition) is 2. The van der Waals surface area contributed by atoms with Crippen LogP contribution in [-0.4, -0.2) is 55.0 Å². The van der Waals surface area contributed by atoms with Crippen LogP contribution in [0.1, 0.15) is 40.7 Å². The largest absolute Gasteiger partial charge is 0.368 e. The normalized spacial score (nSPS) is 19.4. The first kappa shape index (κ1) is 26.9. The van der Waals surface area contributed by atoms with Crippen molar-refractivity contribution < 1.29 is 9.59 Å². The number of nitrogens with zero attached hydrogens (tertiary/aromatic N) is 2. The van der Waals surface area contributed by atoms with Crippen molar-refractivity contribution in [3.8, 4) is 0 Å². The maximum atomic E-state index is 13.9. The SMILES string of the molecule is O=C(N[C@H](Cc1ccc(Cl)cc1)C(=O)N1CCN(c2cccc3c2CCCC3)CC1)C1Cc2ccccc2CN1. The first-order valence-electron chi connectivity index (χ1n) is 14.5. The quantitative estimate of drug-likeness (QED) is 0.475. The van der Waals surface area contributed by atoms with Crippen LogP contribution < -0.4 is 15.5 Å². The highest BCUT2D eigenvalue weighted by molar-refractivity contribution is 6.30. The average molecular weight is 557 g/mol. The van der Waals surface area contributed by atoms with Crippen LogP contribution in [0.5, 0.6) is 0 Å². The van der Waals surface area contributed by atoms with E-state index in [9.17, 15) is 9.59 Å². The van der Waals surface area contributed by atoms with Gasteiger partial charge in [-0.3, -0.25) is 9.59 Å². The number of rotatable bonds is 6. The minimum atomic E-state index is -0.635. The third kappa shape index (κ3) is 5.89. The molecule has 0 radical (unpaired) electrons. The van der Waals surface area contributed by atoms with Crippen molar-refractivity contribution in [1.29, 1.82) is 0 Å². The molecule has 3 aromatic carbocycles. The summed E-state index contributed by atoms with van der Waals surface area (Å²) in [5, 5.41) is 7.13. The number of anilines is 1. The Morgan fingerprint density at radius 3 is 2.40 bits per heavy atom. The number of amides is 2. The number of aryl methyl sites for hydroxylation is 1. The van der Waals surface area contributed by atoms with Gasteiger partial charge >= 0.3 is 0 Å². The summed E-state index contributed by atoms with van der Waals surface area (Å²) in [4.78, 5) is 31.7. The second-order valence-electron chi connectivity index (χ2n) is 11.2. The van der Waals surface area contributed by atoms with Crippen LogP contribution in [0.2, 0.25) is 5.02 Å². The molecule has 6 nitrogen and oxygen atoms in total. The molecule has 7 heteroatoms. The lowest BCUT2D eigenvalue weighted by Crippen LogP contribution is -2.58. The minimum Gasteiger partial charge on any atom is -0.368 e. The lowest BCUT2D eigenvalue weighted by Gasteiger charge is -2.39. The highest BCUT2D eigenvalue weighted by atomic mass is 35.5. The Bertz CT molecular complexity index is 1370. The smallest absolute Gasteiger partial charge is 0.245 e. The third-order valence-corrected chi connectivity index (χ3v) is 8.92. The molecule has 0 aromatic heterocycles. The van der Waals surface area contributed by atoms with Crippen LogP contribution in [-0.2, 0) is 41.8 Å². The fourth-order valence-corrected chi connectivity index (χ4v) is 6.54. The predicted octanol–water partition coefficient (Wildman–Crippen LogP) is 4.31. The zero-order valence-corrected chi connectivity index (χ0v) is 23.6. The molecule has 2 aliphatic heterocycles. The van der Waals surface area contributed by atoms with Crippen molar-refractivity contribution in [3.63, 3.8) is 0 Å². The molecule has 0 bridgehead atoms. The lowest BCUT2D eigenvalue weighted by atomic mass is 9.90. The number of carbonyl (C=O) groups excluding carboxylic acids is 2. The maximum absolute atomic E-state index is 13.9. The summed E-state index contributed by atoms with van der Waals surface area (Å²) in [5.74, 6) is -0.148. The Morgan fingerprint density at radius 1 is 0.875 bits per heavy atom. The molecular formula is C33H37ClN4O2. The van der Waals surface area contributed by atoms with Crippen LogP contribution >= 0.6 is 11.6 Å². The number of carbonyl (C=O) groups is 2. The van der Waals surface area contributed by atoms with Crippen molar-refractivity contribution in [3.05, 3.63) is 99.6 Å². The zero-order chi connectivity index (χ0) is 27.5. The van der Waals surface area contributed by atoms with Gasteiger partial charge in [0.05, 0.1) is 6.04 Å². The summed E-state index contributed by atoms with van der Waals surface area (Å²) < 4.78 is 0. The van der Waals surface area contributed by atoms with Crippen molar-refractivity contribution in [1.82, 2.24) is 15.5 Å². The predicted molar refractivity (Wildman–Crippen MR) is 160 cm³/mol. The molecule has 2 atom stereocenters. The second-order valence-corrected chi connectivity index (χ2v) is 11.7. The van der Waals surface area contributed by atoms with Gasteiger partial charge in [-0.2, -0.15) is 0 Å². The van der Waals surface area contributed by atoms with Crippen molar-refractivity contribution in [2.45, 2.75) is 57.2 Å². The number of piperazine rings is 1. The van der Waals surface area contributed by atoms with E-state index in [0.717, 1.165) is 31.5 Å². The molecule has 6 rings (SSSR count). The summed E-state index contributed by atoms with van der Waals surface area (Å²) in [6, 6.07) is 21.4. The van der Waals surface area contributed by atoms with E-state index in [4.69, 9.17) is 11.6 Å². The minimum absolute atomic E-state index is 0.0192. The highest BCUT2D eigenvalue weighted by Gasteiger charge is 2.32. The van der Waals surface area contributed by atoms with Gasteiger partial charge in [-0.15, -0.1) is 0 Å². The van der Waals surface area contributed by atoms with Crippen molar-refractivity contribution in [2.75, 3.05) is 31.1 Å². The Morgan fingerprint density at radius 2 is 1.60 bits per heavy atom. The zero-order valence-electron chi connectivity index (χ0n) is 22.9. The van der Waals surface area contributed by atoms with E-state index < -0.39 is 6.04 Å². The van der Waals surface area contributed by atoms with Gasteiger partial charge in [0.1, 0.15) is 6.04 Å². The molecule has 0 saturated carbocycles. The van der Waals surface area contributed by atoms with Gasteiger partial charge in [0.15, 0.2) is 0 Å². The molecule has 3 aliphatic rings. The van der Waals surface area contributed by atoms with Gasteiger partial charge in [-0.05, 0) is 78.1 Å². The molecule has 1 unspecified atom stereocenters. The molecule has 1 saturated heterocycles. The lowest BCUT2D eigenvalue weighted by molar-refractivity contribution is -0.137. The Balaban J connectivity index is 1.14. The number of benzene rings is 3. The van der Waals surface area contributed by atoms with Crippen LogP contribution in [0, 0.1) is 0 Å². The average Bonchev–Trinajstić information content (AvgIpc) is 3.01. The van der Waals surface area contributed by atoms with Gasteiger partial charge in [0, 0.05) is 49.9 Å². The van der Waals surface area contributed by atoms with Crippen molar-refractivity contribution in [2.24, 2.45) is 0 Å². The first-order chi connectivity index (χ1) is 19.5. The van der Waals surface area contributed by atoms with E-state index in [-0.39, 0.29) is 17.9 Å². The summed E-state index contributed by atoms with van der Waals surface area (Å²) in [6.45, 7) is 3.53. The second kappa shape index (κ2) is 12.0. The van der Waals surface area contributed by atoms with Crippen molar-refractivity contribution >= 4 is 29.1 Å². The fraction of sp³-hybridized carbons (Fsp3) is 0.394. The number of nitrogens with one attached hydrogen (secondary N) is 2. The van der Waals surface area contributed by atoms with Crippen LogP contribution in [0.25, 0.3) is 0 Å². The Kier molecular flexibility index (Phi) is 8.08. The van der Waals surface area contributed by atoms with E-state index in [0.29, 0.717) is 37.5 Å². The van der Waals surface area contributed by atoms with Crippen LogP contribution in [0.4, 0.5) is 5.69 Å². The van der Waals surface area contributed by atoms with E-state index in [1.165, 1.54) is 40.8 Å². The molecule has 0 spiro atoms. The van der Waals surface area contributed by atoms with Gasteiger partial charge < -0.3 is 20.4 Å². The summed E-state index contributed by atoms with van der Waals surface area (Å²) in [7, 11) is 0. The maximum Gasteiger partial charge on any atom is 0.245 e. The summed E-state index contributed by atoms with van der Waals surface area (Å²) in [6.07, 6.45) is 5.86. The molecule has 2 heterocycles. The van der Waals surface area contributed by atoms with E-state index in [2.05, 4.69) is 45.9 Å². The van der Waals surface area contributed by atoms with Gasteiger partial charge in [0.25, 0.3) is 0 Å². The monoisotopic (exact) mass is 556 g/mol. The highest BCUT2D eigenvalue weighted by Crippen LogP contribution is 2.31. The molecule has 40 heavy (non-hydrogen) atoms. The Hall–Kier alpha value is -3.35. The van der Waals surface area contributed by atoms with E-state index in [1.54, 1.807) is 0 Å². The van der Waals surface area contributed by atoms with Crippen LogP contribution in [0.15, 0.2) is 66.7 Å². The van der Waals surface area contributed by atoms with Gasteiger partial charge in [-0.25, -0.2) is 0 Å². The van der Waals surface area contributed by atoms with Crippen LogP contribution in [0.3, 0.4) is 0 Å². The molecule has 2 amide bonds. The summed E-state index contributed by atoms with van der Waals surface area (Å²) >= 11 is 6.11. The van der Waals surface area contributed by atoms with Gasteiger partial charge in [0.2, 0.25) is 11.8 Å². The standard InChI is InChI=1S/C33H37ClN4O2/c34-27-14-12-23(13-15-27)20-30(36-32(39)29-21-25-7-1-2-8-26(25)22-35-29)33(40)38-18-16-37(17-19-38)31-11-5-9-24-6-3-4-10-28(24)31/h1-2,5,7-9,11-15,29-30,35H,3-4,6,10,16-22H2,(H,36,39)/t29?,30-/m1/s1. The summed E-state index contributed by atoms with van der Waals surface area (Å²) in [5.41, 5.74) is 7.67. The molecule has 3 aromatic rings. The first-order valence-corrected chi connectivity index (χ1v) is 14.9. The third-order valence-electron chi connectivity index (χ3n) is 8.67.